The number of aliphatic carboxylic acids is 1. The molecule has 0 radical (unpaired) electrons. The number of hydrogen-bond acceptors (Lipinski definition) is 2. The van der Waals surface area contributed by atoms with Crippen LogP contribution in [0, 0.1) is 5.41 Å². The van der Waals surface area contributed by atoms with Gasteiger partial charge in [-0.3, -0.25) is 4.79 Å². The summed E-state index contributed by atoms with van der Waals surface area (Å²) in [4.78, 5) is 11.0. The van der Waals surface area contributed by atoms with Gasteiger partial charge in [0.1, 0.15) is 0 Å². The second kappa shape index (κ2) is 14.4. The van der Waals surface area contributed by atoms with Crippen molar-refractivity contribution in [3.63, 3.8) is 0 Å². The van der Waals surface area contributed by atoms with Gasteiger partial charge in [0.15, 0.2) is 0 Å². The van der Waals surface area contributed by atoms with Crippen LogP contribution in [0.25, 0.3) is 0 Å². The molecule has 0 heterocycles. The van der Waals surface area contributed by atoms with E-state index in [0.29, 0.717) is 0 Å². The van der Waals surface area contributed by atoms with Crippen molar-refractivity contribution in [2.75, 3.05) is 0 Å². The molecule has 0 fully saturated rings. The highest BCUT2D eigenvalue weighted by Gasteiger charge is 2.25. The van der Waals surface area contributed by atoms with E-state index in [2.05, 4.69) is 6.92 Å². The quantitative estimate of drug-likeness (QED) is 0.367. The van der Waals surface area contributed by atoms with E-state index >= 15 is 0 Å². The number of rotatable bonds is 14. The van der Waals surface area contributed by atoms with Crippen LogP contribution in [0.4, 0.5) is 0 Å². The van der Waals surface area contributed by atoms with Crippen LogP contribution in [0.5, 0.6) is 0 Å². The van der Waals surface area contributed by atoms with Crippen LogP contribution in [0.2, 0.25) is 0 Å². The van der Waals surface area contributed by atoms with Gasteiger partial charge in [0.05, 0.1) is 5.41 Å². The number of hydrogen-bond donors (Lipinski definition) is 2. The second-order valence-electron chi connectivity index (χ2n) is 6.83. The van der Waals surface area contributed by atoms with E-state index in [0.717, 1.165) is 12.8 Å². The fourth-order valence-corrected chi connectivity index (χ4v) is 2.51. The Kier molecular flexibility index (Phi) is 15.5. The zero-order chi connectivity index (χ0) is 15.3. The number of carbonyl (C=O) groups is 1. The Morgan fingerprint density at radius 3 is 1.43 bits per heavy atom. The third-order valence-corrected chi connectivity index (χ3v) is 4.23. The van der Waals surface area contributed by atoms with Crippen molar-refractivity contribution < 1.29 is 9.90 Å². The lowest BCUT2D eigenvalue weighted by Crippen LogP contribution is -2.23. The highest BCUT2D eigenvalue weighted by atomic mass is 16.4. The standard InChI is InChI=1S/C18H36O2.H3N/c1-4-5-6-7-8-9-10-11-12-13-14-15-16-18(2,3)17(19)20;/h4-16H2,1-3H3,(H,19,20);1H3. The fraction of sp³-hybridized carbons (Fsp3) is 0.944. The molecular weight excluding hydrogens is 262 g/mol. The number of carboxylic acids is 1. The lowest BCUT2D eigenvalue weighted by atomic mass is 9.87. The van der Waals surface area contributed by atoms with Gasteiger partial charge in [-0.15, -0.1) is 0 Å². The van der Waals surface area contributed by atoms with Crippen molar-refractivity contribution in [3.05, 3.63) is 0 Å². The van der Waals surface area contributed by atoms with Crippen molar-refractivity contribution in [3.8, 4) is 0 Å². The summed E-state index contributed by atoms with van der Waals surface area (Å²) in [5, 5.41) is 9.02. The first kappa shape index (κ1) is 22.7. The number of carboxylic acid groups (broad SMARTS) is 1. The Morgan fingerprint density at radius 2 is 1.10 bits per heavy atom. The minimum atomic E-state index is -0.666. The molecule has 3 heteroatoms. The first-order valence-electron chi connectivity index (χ1n) is 8.74. The first-order chi connectivity index (χ1) is 9.50. The largest absolute Gasteiger partial charge is 0.481 e. The summed E-state index contributed by atoms with van der Waals surface area (Å²) >= 11 is 0. The zero-order valence-corrected chi connectivity index (χ0v) is 14.8. The van der Waals surface area contributed by atoms with Gasteiger partial charge in [0.2, 0.25) is 0 Å². The Bertz CT molecular complexity index is 239. The summed E-state index contributed by atoms with van der Waals surface area (Å²) < 4.78 is 0. The normalized spacial score (nSPS) is 11.2. The summed E-state index contributed by atoms with van der Waals surface area (Å²) in [5.74, 6) is -0.666. The predicted octanol–water partition coefficient (Wildman–Crippen LogP) is 6.35. The molecule has 0 aliphatic carbocycles. The van der Waals surface area contributed by atoms with Crippen LogP contribution < -0.4 is 6.15 Å². The molecule has 0 bridgehead atoms. The van der Waals surface area contributed by atoms with Crippen molar-refractivity contribution in [1.82, 2.24) is 6.15 Å². The van der Waals surface area contributed by atoms with Gasteiger partial charge >= 0.3 is 5.97 Å². The SMILES string of the molecule is CCCCCCCCCCCCCCC(C)(C)C(=O)O.N. The molecule has 0 unspecified atom stereocenters. The van der Waals surface area contributed by atoms with Crippen molar-refractivity contribution in [1.29, 1.82) is 0 Å². The smallest absolute Gasteiger partial charge is 0.309 e. The molecule has 0 amide bonds. The summed E-state index contributed by atoms with van der Waals surface area (Å²) in [7, 11) is 0. The fourth-order valence-electron chi connectivity index (χ4n) is 2.51. The van der Waals surface area contributed by atoms with Gasteiger partial charge in [-0.05, 0) is 20.3 Å². The summed E-state index contributed by atoms with van der Waals surface area (Å²) in [6, 6.07) is 0. The molecule has 128 valence electrons. The maximum absolute atomic E-state index is 11.0. The van der Waals surface area contributed by atoms with Crippen LogP contribution in [0.15, 0.2) is 0 Å². The molecule has 0 atom stereocenters. The molecule has 0 aliphatic heterocycles. The Labute approximate surface area is 132 Å². The molecule has 0 aromatic carbocycles. The minimum Gasteiger partial charge on any atom is -0.481 e. The molecule has 0 aromatic heterocycles. The van der Waals surface area contributed by atoms with Gasteiger partial charge in [-0.1, -0.05) is 84.0 Å². The van der Waals surface area contributed by atoms with Crippen LogP contribution >= 0.6 is 0 Å². The maximum Gasteiger partial charge on any atom is 0.309 e. The van der Waals surface area contributed by atoms with Crippen LogP contribution in [0.1, 0.15) is 104 Å². The molecule has 4 N–H and O–H groups in total. The van der Waals surface area contributed by atoms with Crippen LogP contribution in [0.3, 0.4) is 0 Å². The molecular formula is C18H39NO2. The third kappa shape index (κ3) is 14.1. The molecule has 0 rings (SSSR count). The van der Waals surface area contributed by atoms with Gasteiger partial charge in [-0.25, -0.2) is 0 Å². The predicted molar refractivity (Wildman–Crippen MR) is 92.1 cm³/mol. The topological polar surface area (TPSA) is 72.3 Å². The van der Waals surface area contributed by atoms with Crippen molar-refractivity contribution in [2.45, 2.75) is 104 Å². The molecule has 3 nitrogen and oxygen atoms in total. The average molecular weight is 302 g/mol. The van der Waals surface area contributed by atoms with E-state index in [-0.39, 0.29) is 6.15 Å². The molecule has 21 heavy (non-hydrogen) atoms. The van der Waals surface area contributed by atoms with Crippen LogP contribution in [-0.4, -0.2) is 11.1 Å². The number of unbranched alkanes of at least 4 members (excludes halogenated alkanes) is 11. The summed E-state index contributed by atoms with van der Waals surface area (Å²) in [6.45, 7) is 5.92. The monoisotopic (exact) mass is 301 g/mol. The minimum absolute atomic E-state index is 0. The van der Waals surface area contributed by atoms with Gasteiger partial charge in [-0.2, -0.15) is 0 Å². The second-order valence-corrected chi connectivity index (χ2v) is 6.83. The Morgan fingerprint density at radius 1 is 0.762 bits per heavy atom. The first-order valence-corrected chi connectivity index (χ1v) is 8.74. The lowest BCUT2D eigenvalue weighted by molar-refractivity contribution is -0.147. The maximum atomic E-state index is 11.0. The highest BCUT2D eigenvalue weighted by molar-refractivity contribution is 5.73. The van der Waals surface area contributed by atoms with Crippen molar-refractivity contribution >= 4 is 5.97 Å². The molecule has 0 aliphatic rings. The van der Waals surface area contributed by atoms with E-state index < -0.39 is 11.4 Å². The highest BCUT2D eigenvalue weighted by Crippen LogP contribution is 2.24. The van der Waals surface area contributed by atoms with Gasteiger partial charge in [0.25, 0.3) is 0 Å². The van der Waals surface area contributed by atoms with E-state index in [9.17, 15) is 4.79 Å². The zero-order valence-electron chi connectivity index (χ0n) is 14.8. The van der Waals surface area contributed by atoms with Crippen LogP contribution in [-0.2, 0) is 4.79 Å². The molecule has 0 aromatic rings. The Hall–Kier alpha value is -0.570. The molecule has 0 saturated carbocycles. The average Bonchev–Trinajstić information content (AvgIpc) is 2.39. The van der Waals surface area contributed by atoms with Gasteiger partial charge < -0.3 is 11.3 Å². The van der Waals surface area contributed by atoms with Crippen molar-refractivity contribution in [2.24, 2.45) is 5.41 Å². The Balaban J connectivity index is 0. The summed E-state index contributed by atoms with van der Waals surface area (Å²) in [5.41, 5.74) is -0.543. The van der Waals surface area contributed by atoms with E-state index in [1.165, 1.54) is 70.6 Å². The van der Waals surface area contributed by atoms with E-state index in [1.54, 1.807) is 0 Å². The van der Waals surface area contributed by atoms with Gasteiger partial charge in [0, 0.05) is 0 Å². The molecule has 0 saturated heterocycles. The molecule has 0 spiro atoms. The lowest BCUT2D eigenvalue weighted by Gasteiger charge is -2.18. The third-order valence-electron chi connectivity index (χ3n) is 4.23. The van der Waals surface area contributed by atoms with E-state index in [1.807, 2.05) is 13.8 Å². The van der Waals surface area contributed by atoms with E-state index in [4.69, 9.17) is 5.11 Å². The summed E-state index contributed by atoms with van der Waals surface area (Å²) in [6.07, 6.45) is 16.7.